The van der Waals surface area contributed by atoms with E-state index in [4.69, 9.17) is 9.47 Å². The number of anilines is 1. The Labute approximate surface area is 173 Å². The molecule has 2 aromatic rings. The number of carbonyl (C=O) groups excluding carboxylic acids is 1. The zero-order chi connectivity index (χ0) is 20.5. The SMILES string of the molecule is CCCN1CCC(CNC(=O)Nc2ccc(Oc3ccccc3OC)cc2)CC1. The molecule has 2 amide bonds. The maximum absolute atomic E-state index is 12.2. The lowest BCUT2D eigenvalue weighted by molar-refractivity contribution is 0.182. The van der Waals surface area contributed by atoms with Crippen LogP contribution in [0.1, 0.15) is 26.2 Å². The number of para-hydroxylation sites is 2. The molecule has 0 aromatic heterocycles. The van der Waals surface area contributed by atoms with Gasteiger partial charge in [-0.3, -0.25) is 0 Å². The fourth-order valence-corrected chi connectivity index (χ4v) is 3.58. The highest BCUT2D eigenvalue weighted by molar-refractivity contribution is 5.89. The molecular formula is C23H31N3O3. The lowest BCUT2D eigenvalue weighted by Gasteiger charge is -2.31. The van der Waals surface area contributed by atoms with Crippen LogP contribution in [-0.4, -0.2) is 44.2 Å². The molecule has 0 bridgehead atoms. The van der Waals surface area contributed by atoms with Crippen LogP contribution in [0.5, 0.6) is 17.2 Å². The van der Waals surface area contributed by atoms with Crippen LogP contribution in [0.4, 0.5) is 10.5 Å². The first-order valence-corrected chi connectivity index (χ1v) is 10.4. The number of hydrogen-bond acceptors (Lipinski definition) is 4. The third-order valence-electron chi connectivity index (χ3n) is 5.21. The first-order chi connectivity index (χ1) is 14.2. The molecule has 156 valence electrons. The quantitative estimate of drug-likeness (QED) is 0.676. The number of carbonyl (C=O) groups is 1. The Balaban J connectivity index is 1.43. The van der Waals surface area contributed by atoms with Crippen molar-refractivity contribution >= 4 is 11.7 Å². The summed E-state index contributed by atoms with van der Waals surface area (Å²) in [5.74, 6) is 2.57. The molecule has 3 rings (SSSR count). The van der Waals surface area contributed by atoms with E-state index in [0.717, 1.165) is 38.2 Å². The number of urea groups is 1. The van der Waals surface area contributed by atoms with Gasteiger partial charge in [-0.05, 0) is 81.2 Å². The van der Waals surface area contributed by atoms with Crippen molar-refractivity contribution in [1.29, 1.82) is 0 Å². The van der Waals surface area contributed by atoms with Gasteiger partial charge in [0.1, 0.15) is 5.75 Å². The smallest absolute Gasteiger partial charge is 0.319 e. The highest BCUT2D eigenvalue weighted by Gasteiger charge is 2.19. The Bertz CT molecular complexity index is 771. The van der Waals surface area contributed by atoms with E-state index in [0.29, 0.717) is 23.2 Å². The minimum absolute atomic E-state index is 0.167. The highest BCUT2D eigenvalue weighted by atomic mass is 16.5. The first-order valence-electron chi connectivity index (χ1n) is 10.4. The Morgan fingerprint density at radius 3 is 2.41 bits per heavy atom. The molecule has 1 heterocycles. The van der Waals surface area contributed by atoms with Crippen LogP contribution >= 0.6 is 0 Å². The third kappa shape index (κ3) is 6.39. The van der Waals surface area contributed by atoms with Crippen LogP contribution in [-0.2, 0) is 0 Å². The summed E-state index contributed by atoms with van der Waals surface area (Å²) in [7, 11) is 1.61. The molecule has 0 radical (unpaired) electrons. The summed E-state index contributed by atoms with van der Waals surface area (Å²) >= 11 is 0. The molecule has 0 spiro atoms. The summed E-state index contributed by atoms with van der Waals surface area (Å²) < 4.78 is 11.2. The van der Waals surface area contributed by atoms with E-state index >= 15 is 0 Å². The highest BCUT2D eigenvalue weighted by Crippen LogP contribution is 2.31. The van der Waals surface area contributed by atoms with E-state index < -0.39 is 0 Å². The maximum atomic E-state index is 12.2. The van der Waals surface area contributed by atoms with Crippen molar-refractivity contribution in [3.8, 4) is 17.2 Å². The minimum Gasteiger partial charge on any atom is -0.493 e. The van der Waals surface area contributed by atoms with E-state index in [-0.39, 0.29) is 6.03 Å². The van der Waals surface area contributed by atoms with Crippen molar-refractivity contribution in [2.75, 3.05) is 38.6 Å². The van der Waals surface area contributed by atoms with Crippen molar-refractivity contribution in [2.24, 2.45) is 5.92 Å². The molecular weight excluding hydrogens is 366 g/mol. The molecule has 0 unspecified atom stereocenters. The molecule has 1 aliphatic heterocycles. The van der Waals surface area contributed by atoms with Crippen LogP contribution in [0.15, 0.2) is 48.5 Å². The molecule has 2 N–H and O–H groups in total. The molecule has 2 aromatic carbocycles. The maximum Gasteiger partial charge on any atom is 0.319 e. The van der Waals surface area contributed by atoms with Gasteiger partial charge in [0.05, 0.1) is 7.11 Å². The summed E-state index contributed by atoms with van der Waals surface area (Å²) in [6.07, 6.45) is 3.50. The first kappa shape index (κ1) is 21.0. The number of hydrogen-bond donors (Lipinski definition) is 2. The molecule has 1 fully saturated rings. The van der Waals surface area contributed by atoms with Crippen LogP contribution in [0.2, 0.25) is 0 Å². The predicted octanol–water partition coefficient (Wildman–Crippen LogP) is 4.73. The van der Waals surface area contributed by atoms with Gasteiger partial charge in [-0.15, -0.1) is 0 Å². The molecule has 6 nitrogen and oxygen atoms in total. The summed E-state index contributed by atoms with van der Waals surface area (Å²) in [4.78, 5) is 14.7. The van der Waals surface area contributed by atoms with Gasteiger partial charge in [0, 0.05) is 12.2 Å². The fraction of sp³-hybridized carbons (Fsp3) is 0.435. The predicted molar refractivity (Wildman–Crippen MR) is 116 cm³/mol. The van der Waals surface area contributed by atoms with E-state index in [1.807, 2.05) is 48.5 Å². The van der Waals surface area contributed by atoms with Crippen LogP contribution in [0, 0.1) is 5.92 Å². The van der Waals surface area contributed by atoms with Gasteiger partial charge < -0.3 is 25.0 Å². The van der Waals surface area contributed by atoms with Gasteiger partial charge in [-0.1, -0.05) is 19.1 Å². The second-order valence-electron chi connectivity index (χ2n) is 7.40. The Morgan fingerprint density at radius 2 is 1.76 bits per heavy atom. The summed E-state index contributed by atoms with van der Waals surface area (Å²) in [5, 5.41) is 5.88. The molecule has 6 heteroatoms. The Morgan fingerprint density at radius 1 is 1.07 bits per heavy atom. The molecule has 1 aliphatic rings. The number of nitrogens with zero attached hydrogens (tertiary/aromatic N) is 1. The minimum atomic E-state index is -0.167. The molecule has 0 saturated carbocycles. The standard InChI is InChI=1S/C23H31N3O3/c1-3-14-26-15-12-18(13-16-26)17-24-23(27)25-19-8-10-20(11-9-19)29-22-7-5-4-6-21(22)28-2/h4-11,18H,3,12-17H2,1-2H3,(H2,24,25,27). The molecule has 29 heavy (non-hydrogen) atoms. The molecule has 1 saturated heterocycles. The van der Waals surface area contributed by atoms with E-state index in [1.165, 1.54) is 13.0 Å². The lowest BCUT2D eigenvalue weighted by atomic mass is 9.97. The number of methoxy groups -OCH3 is 1. The average molecular weight is 398 g/mol. The van der Waals surface area contributed by atoms with Gasteiger partial charge in [0.15, 0.2) is 11.5 Å². The van der Waals surface area contributed by atoms with Crippen molar-refractivity contribution < 1.29 is 14.3 Å². The number of amides is 2. The van der Waals surface area contributed by atoms with Gasteiger partial charge in [-0.2, -0.15) is 0 Å². The number of likely N-dealkylation sites (tertiary alicyclic amines) is 1. The fourth-order valence-electron chi connectivity index (χ4n) is 3.58. The number of piperidine rings is 1. The second kappa shape index (κ2) is 10.7. The summed E-state index contributed by atoms with van der Waals surface area (Å²) in [6, 6.07) is 14.6. The van der Waals surface area contributed by atoms with Gasteiger partial charge in [0.25, 0.3) is 0 Å². The van der Waals surface area contributed by atoms with Crippen molar-refractivity contribution in [1.82, 2.24) is 10.2 Å². The number of ether oxygens (including phenoxy) is 2. The number of nitrogens with one attached hydrogen (secondary N) is 2. The molecule has 0 aliphatic carbocycles. The number of benzene rings is 2. The summed E-state index contributed by atoms with van der Waals surface area (Å²) in [6.45, 7) is 6.39. The normalized spacial score (nSPS) is 15.0. The van der Waals surface area contributed by atoms with Crippen LogP contribution in [0.3, 0.4) is 0 Å². The van der Waals surface area contributed by atoms with Crippen molar-refractivity contribution in [2.45, 2.75) is 26.2 Å². The average Bonchev–Trinajstić information content (AvgIpc) is 2.75. The lowest BCUT2D eigenvalue weighted by Crippen LogP contribution is -2.39. The number of rotatable bonds is 8. The Kier molecular flexibility index (Phi) is 7.76. The van der Waals surface area contributed by atoms with Crippen molar-refractivity contribution in [3.05, 3.63) is 48.5 Å². The van der Waals surface area contributed by atoms with Gasteiger partial charge in [0.2, 0.25) is 0 Å². The summed E-state index contributed by atoms with van der Waals surface area (Å²) in [5.41, 5.74) is 0.729. The zero-order valence-corrected chi connectivity index (χ0v) is 17.3. The van der Waals surface area contributed by atoms with E-state index in [9.17, 15) is 4.79 Å². The second-order valence-corrected chi connectivity index (χ2v) is 7.40. The zero-order valence-electron chi connectivity index (χ0n) is 17.3. The van der Waals surface area contributed by atoms with Gasteiger partial charge in [-0.25, -0.2) is 4.79 Å². The van der Waals surface area contributed by atoms with Crippen LogP contribution < -0.4 is 20.1 Å². The van der Waals surface area contributed by atoms with E-state index in [1.54, 1.807) is 7.11 Å². The molecule has 0 atom stereocenters. The topological polar surface area (TPSA) is 62.8 Å². The monoisotopic (exact) mass is 397 g/mol. The van der Waals surface area contributed by atoms with Gasteiger partial charge >= 0.3 is 6.03 Å². The van der Waals surface area contributed by atoms with Crippen LogP contribution in [0.25, 0.3) is 0 Å². The van der Waals surface area contributed by atoms with E-state index in [2.05, 4.69) is 22.5 Å². The Hall–Kier alpha value is -2.73. The third-order valence-corrected chi connectivity index (χ3v) is 5.21. The van der Waals surface area contributed by atoms with Crippen molar-refractivity contribution in [3.63, 3.8) is 0 Å². The largest absolute Gasteiger partial charge is 0.493 e.